The second kappa shape index (κ2) is 5.80. The molecule has 0 bridgehead atoms. The molecular formula is C15H25N3OS. The van der Waals surface area contributed by atoms with Crippen LogP contribution in [0.15, 0.2) is 0 Å². The molecule has 1 aromatic rings. The van der Waals surface area contributed by atoms with E-state index in [1.165, 1.54) is 0 Å². The molecular weight excluding hydrogens is 270 g/mol. The second-order valence-corrected chi connectivity index (χ2v) is 7.63. The quantitative estimate of drug-likeness (QED) is 0.859. The summed E-state index contributed by atoms with van der Waals surface area (Å²) in [5, 5.41) is 0. The molecule has 1 atom stereocenters. The maximum Gasteiger partial charge on any atom is 0.135 e. The van der Waals surface area contributed by atoms with Crippen LogP contribution in [0.2, 0.25) is 0 Å². The number of aromatic nitrogens is 2. The van der Waals surface area contributed by atoms with E-state index in [2.05, 4.69) is 35.6 Å². The Bertz CT molecular complexity index is 526. The van der Waals surface area contributed by atoms with E-state index in [1.807, 2.05) is 13.8 Å². The summed E-state index contributed by atoms with van der Waals surface area (Å²) in [6, 6.07) is 0. The summed E-state index contributed by atoms with van der Waals surface area (Å²) in [5.41, 5.74) is 2.18. The van der Waals surface area contributed by atoms with Crippen LogP contribution in [0.5, 0.6) is 0 Å². The summed E-state index contributed by atoms with van der Waals surface area (Å²) >= 11 is 0. The lowest BCUT2D eigenvalue weighted by Gasteiger charge is -2.42. The molecule has 1 aliphatic heterocycles. The van der Waals surface area contributed by atoms with Gasteiger partial charge in [0.1, 0.15) is 11.6 Å². The minimum atomic E-state index is -0.734. The van der Waals surface area contributed by atoms with Crippen LogP contribution in [0.25, 0.3) is 0 Å². The van der Waals surface area contributed by atoms with Crippen molar-refractivity contribution >= 4 is 16.6 Å². The van der Waals surface area contributed by atoms with Gasteiger partial charge in [-0.05, 0) is 33.6 Å². The number of hydrogen-bond donors (Lipinski definition) is 0. The van der Waals surface area contributed by atoms with E-state index in [0.717, 1.165) is 54.6 Å². The maximum atomic E-state index is 12.4. The van der Waals surface area contributed by atoms with Crippen molar-refractivity contribution in [3.05, 3.63) is 17.1 Å². The van der Waals surface area contributed by atoms with Crippen molar-refractivity contribution in [3.63, 3.8) is 0 Å². The standard InChI is InChI=1S/C15H25N3OS/c1-6-15(7-2)10-18(8-9-20(15)19)14-11(3)12(4)16-13(5)17-14/h6-10H2,1-5H3. The normalized spacial score (nSPS) is 22.1. The Morgan fingerprint density at radius 2 is 1.85 bits per heavy atom. The van der Waals surface area contributed by atoms with Crippen molar-refractivity contribution in [2.24, 2.45) is 0 Å². The number of rotatable bonds is 3. The van der Waals surface area contributed by atoms with Crippen molar-refractivity contribution in [3.8, 4) is 0 Å². The summed E-state index contributed by atoms with van der Waals surface area (Å²) in [4.78, 5) is 11.4. The molecule has 0 radical (unpaired) electrons. The molecule has 5 heteroatoms. The molecule has 0 amide bonds. The van der Waals surface area contributed by atoms with Crippen LogP contribution in [0.4, 0.5) is 5.82 Å². The van der Waals surface area contributed by atoms with Crippen molar-refractivity contribution in [2.75, 3.05) is 23.7 Å². The van der Waals surface area contributed by atoms with Gasteiger partial charge in [-0.3, -0.25) is 4.21 Å². The largest absolute Gasteiger partial charge is 0.354 e. The Balaban J connectivity index is 2.37. The van der Waals surface area contributed by atoms with Gasteiger partial charge in [-0.1, -0.05) is 13.8 Å². The van der Waals surface area contributed by atoms with Crippen molar-refractivity contribution in [2.45, 2.75) is 52.2 Å². The zero-order valence-electron chi connectivity index (χ0n) is 13.2. The molecule has 1 aromatic heterocycles. The van der Waals surface area contributed by atoms with Crippen LogP contribution >= 0.6 is 0 Å². The first-order valence-corrected chi connectivity index (χ1v) is 8.70. The molecule has 2 heterocycles. The predicted molar refractivity (Wildman–Crippen MR) is 84.8 cm³/mol. The minimum Gasteiger partial charge on any atom is -0.354 e. The Kier molecular flexibility index (Phi) is 4.47. The lowest BCUT2D eigenvalue weighted by Crippen LogP contribution is -2.53. The molecule has 1 saturated heterocycles. The van der Waals surface area contributed by atoms with Crippen LogP contribution in [-0.4, -0.2) is 37.8 Å². The Labute approximate surface area is 124 Å². The summed E-state index contributed by atoms with van der Waals surface area (Å²) in [5.74, 6) is 2.58. The third-order valence-electron chi connectivity index (χ3n) is 4.57. The summed E-state index contributed by atoms with van der Waals surface area (Å²) < 4.78 is 12.3. The van der Waals surface area contributed by atoms with Gasteiger partial charge in [0.25, 0.3) is 0 Å². The first-order valence-electron chi connectivity index (χ1n) is 7.38. The number of hydrogen-bond acceptors (Lipinski definition) is 4. The molecule has 0 aromatic carbocycles. The lowest BCUT2D eigenvalue weighted by atomic mass is 10.0. The highest BCUT2D eigenvalue weighted by Crippen LogP contribution is 2.32. The van der Waals surface area contributed by atoms with Crippen LogP contribution in [0, 0.1) is 20.8 Å². The van der Waals surface area contributed by atoms with Crippen molar-refractivity contribution < 1.29 is 4.21 Å². The van der Waals surface area contributed by atoms with Crippen LogP contribution in [0.1, 0.15) is 43.8 Å². The zero-order valence-corrected chi connectivity index (χ0v) is 14.0. The second-order valence-electron chi connectivity index (χ2n) is 5.67. The zero-order chi connectivity index (χ0) is 14.9. The van der Waals surface area contributed by atoms with Gasteiger partial charge in [-0.15, -0.1) is 0 Å². The number of aryl methyl sites for hydroxylation is 2. The van der Waals surface area contributed by atoms with Crippen LogP contribution < -0.4 is 4.90 Å². The lowest BCUT2D eigenvalue weighted by molar-refractivity contribution is 0.493. The summed E-state index contributed by atoms with van der Waals surface area (Å²) in [6.07, 6.45) is 1.91. The van der Waals surface area contributed by atoms with Gasteiger partial charge >= 0.3 is 0 Å². The fourth-order valence-electron chi connectivity index (χ4n) is 2.94. The van der Waals surface area contributed by atoms with Gasteiger partial charge in [-0.2, -0.15) is 0 Å². The third-order valence-corrected chi connectivity index (χ3v) is 6.80. The van der Waals surface area contributed by atoms with Gasteiger partial charge in [0.05, 0.1) is 4.75 Å². The molecule has 1 unspecified atom stereocenters. The number of anilines is 1. The molecule has 2 rings (SSSR count). The smallest absolute Gasteiger partial charge is 0.135 e. The van der Waals surface area contributed by atoms with E-state index in [0.29, 0.717) is 0 Å². The SMILES string of the molecule is CCC1(CC)CN(c2nc(C)nc(C)c2C)CCS1=O. The van der Waals surface area contributed by atoms with Gasteiger partial charge in [0, 0.05) is 40.9 Å². The average Bonchev–Trinajstić information content (AvgIpc) is 2.44. The predicted octanol–water partition coefficient (Wildman–Crippen LogP) is 2.53. The molecule has 20 heavy (non-hydrogen) atoms. The topological polar surface area (TPSA) is 46.1 Å². The summed E-state index contributed by atoms with van der Waals surface area (Å²) in [6.45, 7) is 12.0. The Hall–Kier alpha value is -0.970. The average molecular weight is 295 g/mol. The minimum absolute atomic E-state index is 0.0859. The van der Waals surface area contributed by atoms with E-state index in [9.17, 15) is 4.21 Å². The van der Waals surface area contributed by atoms with E-state index >= 15 is 0 Å². The molecule has 1 aliphatic rings. The first-order chi connectivity index (χ1) is 9.43. The highest BCUT2D eigenvalue weighted by Gasteiger charge is 2.39. The molecule has 0 saturated carbocycles. The van der Waals surface area contributed by atoms with Crippen LogP contribution in [0.3, 0.4) is 0 Å². The van der Waals surface area contributed by atoms with Crippen molar-refractivity contribution in [1.29, 1.82) is 0 Å². The number of nitrogens with zero attached hydrogens (tertiary/aromatic N) is 3. The van der Waals surface area contributed by atoms with E-state index in [4.69, 9.17) is 0 Å². The fraction of sp³-hybridized carbons (Fsp3) is 0.733. The van der Waals surface area contributed by atoms with Gasteiger partial charge < -0.3 is 4.90 Å². The molecule has 0 aliphatic carbocycles. The van der Waals surface area contributed by atoms with Gasteiger partial charge in [0.15, 0.2) is 0 Å². The first kappa shape index (κ1) is 15.4. The van der Waals surface area contributed by atoms with Crippen LogP contribution in [-0.2, 0) is 10.8 Å². The Morgan fingerprint density at radius 1 is 1.20 bits per heavy atom. The van der Waals surface area contributed by atoms with Crippen molar-refractivity contribution in [1.82, 2.24) is 9.97 Å². The molecule has 112 valence electrons. The summed E-state index contributed by atoms with van der Waals surface area (Å²) in [7, 11) is -0.734. The molecule has 0 spiro atoms. The highest BCUT2D eigenvalue weighted by molar-refractivity contribution is 7.86. The molecule has 4 nitrogen and oxygen atoms in total. The molecule has 0 N–H and O–H groups in total. The van der Waals surface area contributed by atoms with E-state index < -0.39 is 10.8 Å². The van der Waals surface area contributed by atoms with E-state index in [-0.39, 0.29) is 4.75 Å². The van der Waals surface area contributed by atoms with Gasteiger partial charge in [0.2, 0.25) is 0 Å². The van der Waals surface area contributed by atoms with Gasteiger partial charge in [-0.25, -0.2) is 9.97 Å². The fourth-order valence-corrected chi connectivity index (χ4v) is 4.71. The maximum absolute atomic E-state index is 12.4. The third kappa shape index (κ3) is 2.60. The highest BCUT2D eigenvalue weighted by atomic mass is 32.2. The monoisotopic (exact) mass is 295 g/mol. The Morgan fingerprint density at radius 3 is 2.45 bits per heavy atom. The van der Waals surface area contributed by atoms with E-state index in [1.54, 1.807) is 0 Å². The molecule has 1 fully saturated rings.